The average molecular weight is 393 g/mol. The molecule has 1 aromatic rings. The van der Waals surface area contributed by atoms with Gasteiger partial charge in [-0.1, -0.05) is 31.4 Å². The van der Waals surface area contributed by atoms with Crippen LogP contribution in [0, 0.1) is 11.8 Å². The lowest BCUT2D eigenvalue weighted by Gasteiger charge is -2.46. The minimum atomic E-state index is -0.361. The minimum Gasteiger partial charge on any atom is -0.497 e. The van der Waals surface area contributed by atoms with Crippen LogP contribution in [0.5, 0.6) is 5.75 Å². The van der Waals surface area contributed by atoms with Gasteiger partial charge in [0.1, 0.15) is 5.75 Å². The summed E-state index contributed by atoms with van der Waals surface area (Å²) in [7, 11) is 1.68. The Morgan fingerprint density at radius 2 is 1.67 bits per heavy atom. The minimum absolute atomic E-state index is 0. The Kier molecular flexibility index (Phi) is 6.37. The molecular formula is C22H33ClN2O2. The van der Waals surface area contributed by atoms with Crippen molar-refractivity contribution in [2.45, 2.75) is 75.3 Å². The number of carbonyl (C=O) groups excluding carboxylic acids is 1. The Labute approximate surface area is 169 Å². The number of carbonyl (C=O) groups is 1. The zero-order valence-electron chi connectivity index (χ0n) is 16.3. The number of nitrogens with two attached hydrogens (primary N) is 1. The zero-order valence-corrected chi connectivity index (χ0v) is 17.1. The molecule has 1 amide bonds. The fourth-order valence-corrected chi connectivity index (χ4v) is 5.85. The predicted octanol–water partition coefficient (Wildman–Crippen LogP) is 3.95. The molecule has 0 aliphatic heterocycles. The Morgan fingerprint density at radius 3 is 2.22 bits per heavy atom. The molecule has 2 unspecified atom stereocenters. The molecule has 2 bridgehead atoms. The third kappa shape index (κ3) is 3.84. The molecule has 27 heavy (non-hydrogen) atoms. The number of ether oxygens (including phenoxy) is 1. The van der Waals surface area contributed by atoms with Gasteiger partial charge in [0.2, 0.25) is 5.91 Å². The highest BCUT2D eigenvalue weighted by atomic mass is 35.5. The molecule has 3 saturated carbocycles. The summed E-state index contributed by atoms with van der Waals surface area (Å²) in [4.78, 5) is 13.5. The van der Waals surface area contributed by atoms with Gasteiger partial charge in [-0.05, 0) is 68.1 Å². The molecule has 0 spiro atoms. The van der Waals surface area contributed by atoms with Crippen LogP contribution in [0.1, 0.15) is 63.4 Å². The maximum Gasteiger partial charge on any atom is 0.230 e. The number of benzene rings is 1. The first-order valence-electron chi connectivity index (χ1n) is 10.3. The van der Waals surface area contributed by atoms with Crippen LogP contribution in [0.4, 0.5) is 0 Å². The van der Waals surface area contributed by atoms with Gasteiger partial charge in [0, 0.05) is 12.1 Å². The number of nitrogens with one attached hydrogen (secondary N) is 1. The Hall–Kier alpha value is -1.26. The standard InChI is InChI=1S/C22H32N2O2.ClH/c1-26-19-9-7-17(8-10-19)22(11-2-3-12-22)21(25)24-20-15-5-4-6-16(20)14-18(23)13-15;/h7-10,15-16,18,20H,2-6,11-14,23H2,1H3,(H,24,25);1H. The Balaban J connectivity index is 0.00000210. The fraction of sp³-hybridized carbons (Fsp3) is 0.682. The maximum atomic E-state index is 13.5. The van der Waals surface area contributed by atoms with Crippen molar-refractivity contribution in [1.29, 1.82) is 0 Å². The molecule has 3 fully saturated rings. The first-order chi connectivity index (χ1) is 12.6. The molecule has 1 aromatic carbocycles. The number of amides is 1. The quantitative estimate of drug-likeness (QED) is 0.815. The van der Waals surface area contributed by atoms with Gasteiger partial charge in [-0.15, -0.1) is 12.4 Å². The van der Waals surface area contributed by atoms with E-state index in [0.717, 1.165) is 49.8 Å². The van der Waals surface area contributed by atoms with Crippen LogP contribution < -0.4 is 15.8 Å². The van der Waals surface area contributed by atoms with Crippen molar-refractivity contribution in [2.75, 3.05) is 7.11 Å². The lowest BCUT2D eigenvalue weighted by atomic mass is 9.66. The van der Waals surface area contributed by atoms with Gasteiger partial charge in [-0.2, -0.15) is 0 Å². The Morgan fingerprint density at radius 1 is 1.07 bits per heavy atom. The van der Waals surface area contributed by atoms with Crippen molar-refractivity contribution >= 4 is 18.3 Å². The highest BCUT2D eigenvalue weighted by molar-refractivity contribution is 5.89. The molecule has 0 heterocycles. The topological polar surface area (TPSA) is 64.3 Å². The largest absolute Gasteiger partial charge is 0.497 e. The SMILES string of the molecule is COc1ccc(C2(C(=O)NC3C4CCCC3CC(N)C4)CCCC2)cc1.Cl. The van der Waals surface area contributed by atoms with Gasteiger partial charge in [-0.25, -0.2) is 0 Å². The normalized spacial score (nSPS) is 31.6. The van der Waals surface area contributed by atoms with Gasteiger partial charge in [-0.3, -0.25) is 4.79 Å². The smallest absolute Gasteiger partial charge is 0.230 e. The number of hydrogen-bond acceptors (Lipinski definition) is 3. The monoisotopic (exact) mass is 392 g/mol. The molecule has 3 N–H and O–H groups in total. The second-order valence-corrected chi connectivity index (χ2v) is 8.70. The summed E-state index contributed by atoms with van der Waals surface area (Å²) < 4.78 is 5.29. The summed E-state index contributed by atoms with van der Waals surface area (Å²) in [6.07, 6.45) is 10.0. The van der Waals surface area contributed by atoms with E-state index in [9.17, 15) is 4.79 Å². The molecule has 5 heteroatoms. The van der Waals surface area contributed by atoms with E-state index < -0.39 is 0 Å². The summed E-state index contributed by atoms with van der Waals surface area (Å²) in [5.41, 5.74) is 7.04. The lowest BCUT2D eigenvalue weighted by molar-refractivity contribution is -0.129. The van der Waals surface area contributed by atoms with Crippen LogP contribution >= 0.6 is 12.4 Å². The third-order valence-electron chi connectivity index (χ3n) is 7.21. The molecule has 4 nitrogen and oxygen atoms in total. The van der Waals surface area contributed by atoms with E-state index in [-0.39, 0.29) is 23.7 Å². The van der Waals surface area contributed by atoms with E-state index in [0.29, 0.717) is 23.9 Å². The van der Waals surface area contributed by atoms with Crippen molar-refractivity contribution in [1.82, 2.24) is 5.32 Å². The number of rotatable bonds is 4. The van der Waals surface area contributed by atoms with Gasteiger partial charge in [0.25, 0.3) is 0 Å². The van der Waals surface area contributed by atoms with E-state index in [1.807, 2.05) is 12.1 Å². The lowest BCUT2D eigenvalue weighted by Crippen LogP contribution is -2.57. The first kappa shape index (κ1) is 20.5. The summed E-state index contributed by atoms with van der Waals surface area (Å²) in [6, 6.07) is 8.78. The highest BCUT2D eigenvalue weighted by Gasteiger charge is 2.46. The van der Waals surface area contributed by atoms with Crippen molar-refractivity contribution < 1.29 is 9.53 Å². The third-order valence-corrected chi connectivity index (χ3v) is 7.21. The fourth-order valence-electron chi connectivity index (χ4n) is 5.85. The number of fused-ring (bicyclic) bond motifs is 2. The first-order valence-corrected chi connectivity index (χ1v) is 10.3. The Bertz CT molecular complexity index is 628. The van der Waals surface area contributed by atoms with Crippen molar-refractivity contribution in [2.24, 2.45) is 17.6 Å². The predicted molar refractivity (Wildman–Crippen MR) is 110 cm³/mol. The van der Waals surface area contributed by atoms with Gasteiger partial charge in [0.05, 0.1) is 12.5 Å². The molecule has 4 rings (SSSR count). The molecule has 0 radical (unpaired) electrons. The van der Waals surface area contributed by atoms with Crippen LogP contribution in [0.2, 0.25) is 0 Å². The van der Waals surface area contributed by atoms with Gasteiger partial charge in [0.15, 0.2) is 0 Å². The summed E-state index contributed by atoms with van der Waals surface area (Å²) in [6.45, 7) is 0. The van der Waals surface area contributed by atoms with E-state index in [1.54, 1.807) is 7.11 Å². The van der Waals surface area contributed by atoms with Crippen molar-refractivity contribution in [3.63, 3.8) is 0 Å². The molecule has 3 aliphatic rings. The summed E-state index contributed by atoms with van der Waals surface area (Å²) >= 11 is 0. The molecular weight excluding hydrogens is 360 g/mol. The molecule has 0 saturated heterocycles. The number of halogens is 1. The highest BCUT2D eigenvalue weighted by Crippen LogP contribution is 2.44. The van der Waals surface area contributed by atoms with E-state index in [4.69, 9.17) is 10.5 Å². The number of hydrogen-bond donors (Lipinski definition) is 2. The summed E-state index contributed by atoms with van der Waals surface area (Å²) in [5.74, 6) is 2.22. The van der Waals surface area contributed by atoms with E-state index in [2.05, 4.69) is 17.4 Å². The second kappa shape index (κ2) is 8.40. The van der Waals surface area contributed by atoms with Gasteiger partial charge < -0.3 is 15.8 Å². The zero-order chi connectivity index (χ0) is 18.1. The van der Waals surface area contributed by atoms with E-state index in [1.165, 1.54) is 19.3 Å². The summed E-state index contributed by atoms with van der Waals surface area (Å²) in [5, 5.41) is 3.53. The van der Waals surface area contributed by atoms with Crippen LogP contribution in [-0.2, 0) is 10.2 Å². The molecule has 0 aromatic heterocycles. The van der Waals surface area contributed by atoms with Crippen LogP contribution in [0.3, 0.4) is 0 Å². The molecule has 150 valence electrons. The van der Waals surface area contributed by atoms with Gasteiger partial charge >= 0.3 is 0 Å². The molecule has 3 aliphatic carbocycles. The van der Waals surface area contributed by atoms with Crippen LogP contribution in [-0.4, -0.2) is 25.1 Å². The second-order valence-electron chi connectivity index (χ2n) is 8.70. The maximum absolute atomic E-state index is 13.5. The molecule has 2 atom stereocenters. The van der Waals surface area contributed by atoms with Crippen LogP contribution in [0.25, 0.3) is 0 Å². The van der Waals surface area contributed by atoms with E-state index >= 15 is 0 Å². The average Bonchev–Trinajstić information content (AvgIpc) is 3.14. The number of methoxy groups -OCH3 is 1. The van der Waals surface area contributed by atoms with Crippen molar-refractivity contribution in [3.05, 3.63) is 29.8 Å². The van der Waals surface area contributed by atoms with Crippen LogP contribution in [0.15, 0.2) is 24.3 Å². The van der Waals surface area contributed by atoms with Crippen molar-refractivity contribution in [3.8, 4) is 5.75 Å².